The average molecular weight is 716 g/mol. The Labute approximate surface area is 283 Å². The van der Waals surface area contributed by atoms with E-state index in [0.717, 1.165) is 17.5 Å². The molecule has 6 atom stereocenters. The van der Waals surface area contributed by atoms with Gasteiger partial charge < -0.3 is 23.8 Å². The summed E-state index contributed by atoms with van der Waals surface area (Å²) in [6.07, 6.45) is -3.62. The van der Waals surface area contributed by atoms with Gasteiger partial charge in [-0.05, 0) is 44.4 Å². The van der Waals surface area contributed by atoms with E-state index >= 15 is 4.39 Å². The molecular formula is C33H33F3N5O8P. The van der Waals surface area contributed by atoms with Crippen molar-refractivity contribution in [2.24, 2.45) is 0 Å². The predicted molar refractivity (Wildman–Crippen MR) is 173 cm³/mol. The topological polar surface area (TPSA) is 156 Å². The summed E-state index contributed by atoms with van der Waals surface area (Å²) in [5.41, 5.74) is -1.76. The molecule has 17 heteroatoms. The van der Waals surface area contributed by atoms with E-state index in [-0.39, 0.29) is 28.4 Å². The maximum Gasteiger partial charge on any atom is 0.459 e. The van der Waals surface area contributed by atoms with Crippen molar-refractivity contribution in [2.75, 3.05) is 13.7 Å². The Morgan fingerprint density at radius 2 is 1.92 bits per heavy atom. The fraction of sp³-hybridized carbons (Fsp3) is 0.333. The molecule has 0 spiro atoms. The quantitative estimate of drug-likeness (QED) is 0.124. The van der Waals surface area contributed by atoms with Gasteiger partial charge in [-0.3, -0.25) is 13.9 Å². The van der Waals surface area contributed by atoms with Gasteiger partial charge in [0.2, 0.25) is 5.88 Å². The van der Waals surface area contributed by atoms with E-state index in [4.69, 9.17) is 23.3 Å². The molecule has 50 heavy (non-hydrogen) atoms. The van der Waals surface area contributed by atoms with Crippen molar-refractivity contribution >= 4 is 35.7 Å². The van der Waals surface area contributed by atoms with Gasteiger partial charge in [-0.1, -0.05) is 36.4 Å². The maximum absolute atomic E-state index is 15.9. The van der Waals surface area contributed by atoms with E-state index in [0.29, 0.717) is 17.3 Å². The zero-order valence-electron chi connectivity index (χ0n) is 27.2. The first-order valence-corrected chi connectivity index (χ1v) is 16.9. The van der Waals surface area contributed by atoms with Crippen LogP contribution in [0.1, 0.15) is 31.5 Å². The molecule has 1 fully saturated rings. The number of halogens is 3. The molecule has 3 heterocycles. The van der Waals surface area contributed by atoms with Gasteiger partial charge in [-0.2, -0.15) is 10.1 Å². The number of carbonyl (C=O) groups is 1. The van der Waals surface area contributed by atoms with Gasteiger partial charge in [0.25, 0.3) is 0 Å². The smallest absolute Gasteiger partial charge is 0.459 e. The van der Waals surface area contributed by atoms with Crippen LogP contribution in [-0.4, -0.2) is 68.2 Å². The van der Waals surface area contributed by atoms with Crippen molar-refractivity contribution in [1.82, 2.24) is 24.6 Å². The second-order valence-corrected chi connectivity index (χ2v) is 13.5. The van der Waals surface area contributed by atoms with Gasteiger partial charge in [0.15, 0.2) is 23.6 Å². The Hall–Kier alpha value is -4.60. The molecule has 0 aliphatic carbocycles. The van der Waals surface area contributed by atoms with Gasteiger partial charge >= 0.3 is 13.7 Å². The molecule has 1 aliphatic heterocycles. The third-order valence-electron chi connectivity index (χ3n) is 8.10. The molecular weight excluding hydrogens is 682 g/mol. The molecule has 0 saturated carbocycles. The number of ether oxygens (including phenoxy) is 3. The lowest BCUT2D eigenvalue weighted by Crippen LogP contribution is -2.42. The normalized spacial score (nSPS) is 22.4. The number of aromatic nitrogens is 4. The predicted octanol–water partition coefficient (Wildman–Crippen LogP) is 5.49. The van der Waals surface area contributed by atoms with Gasteiger partial charge in [-0.25, -0.2) is 27.7 Å². The highest BCUT2D eigenvalue weighted by Gasteiger charge is 2.55. The second kappa shape index (κ2) is 14.0. The molecule has 0 bridgehead atoms. The summed E-state index contributed by atoms with van der Waals surface area (Å²) in [4.78, 5) is 25.7. The van der Waals surface area contributed by atoms with Crippen molar-refractivity contribution in [3.8, 4) is 11.6 Å². The summed E-state index contributed by atoms with van der Waals surface area (Å²) in [6, 6.07) is 13.5. The number of hydrogen-bond donors (Lipinski definition) is 2. The van der Waals surface area contributed by atoms with Crippen LogP contribution in [-0.2, 0) is 30.0 Å². The van der Waals surface area contributed by atoms with E-state index in [1.54, 1.807) is 43.3 Å². The molecule has 5 aromatic rings. The Kier molecular flexibility index (Phi) is 9.84. The van der Waals surface area contributed by atoms with Crippen molar-refractivity contribution in [3.63, 3.8) is 0 Å². The lowest BCUT2D eigenvalue weighted by molar-refractivity contribution is -0.146. The molecule has 0 amide bonds. The first-order chi connectivity index (χ1) is 23.8. The third-order valence-corrected chi connectivity index (χ3v) is 9.73. The number of hydrogen-bond acceptors (Lipinski definition) is 11. The maximum atomic E-state index is 15.9. The highest BCUT2D eigenvalue weighted by atomic mass is 31.2. The molecule has 2 aromatic heterocycles. The molecule has 13 nitrogen and oxygen atoms in total. The number of aliphatic hydroxyl groups is 1. The van der Waals surface area contributed by atoms with Crippen LogP contribution in [0.4, 0.5) is 13.2 Å². The summed E-state index contributed by atoms with van der Waals surface area (Å²) in [7, 11) is -3.17. The molecule has 2 N–H and O–H groups in total. The number of alkyl halides is 1. The Morgan fingerprint density at radius 1 is 1.16 bits per heavy atom. The van der Waals surface area contributed by atoms with E-state index in [9.17, 15) is 23.2 Å². The van der Waals surface area contributed by atoms with Crippen LogP contribution < -0.4 is 14.3 Å². The number of nitrogens with zero attached hydrogens (tertiary/aromatic N) is 4. The van der Waals surface area contributed by atoms with Crippen LogP contribution in [0, 0.1) is 18.6 Å². The number of carbonyl (C=O) groups excluding carboxylic acids is 1. The van der Waals surface area contributed by atoms with Crippen LogP contribution in [0.25, 0.3) is 21.9 Å². The molecule has 264 valence electrons. The van der Waals surface area contributed by atoms with Crippen molar-refractivity contribution in [1.29, 1.82) is 0 Å². The first-order valence-electron chi connectivity index (χ1n) is 15.4. The number of methoxy groups -OCH3 is 1. The number of rotatable bonds is 12. The highest BCUT2D eigenvalue weighted by molar-refractivity contribution is 7.52. The second-order valence-electron chi connectivity index (χ2n) is 11.8. The summed E-state index contributed by atoms with van der Waals surface area (Å²) in [5.74, 6) is -2.05. The van der Waals surface area contributed by atoms with Gasteiger partial charge in [-0.15, -0.1) is 0 Å². The minimum Gasteiger partial charge on any atom is -0.479 e. The molecule has 1 unspecified atom stereocenters. The van der Waals surface area contributed by atoms with Crippen molar-refractivity contribution in [2.45, 2.75) is 57.5 Å². The molecule has 1 aliphatic rings. The standard InChI is InChI=1S/C33H33F3N5O8P/c1-18(31(42)46-15-21-12-13-22(34)14-24(21)35)40-50(44,49-25-11-7-9-20-8-5-6-10-23(20)25)47-16-26-28(36)33(3,43)32(48-26)41-17-37-27-29(41)38-19(2)39-30(27)45-4/h5-14,17-18,26,28,32,43H,15-16H2,1-4H3,(H,40,44)/t18-,26+,28+,32+,33+,50?/m0/s1. The third kappa shape index (κ3) is 7.02. The van der Waals surface area contributed by atoms with Crippen molar-refractivity contribution < 1.29 is 50.9 Å². The largest absolute Gasteiger partial charge is 0.479 e. The van der Waals surface area contributed by atoms with Gasteiger partial charge in [0.1, 0.15) is 47.6 Å². The zero-order chi connectivity index (χ0) is 35.8. The Balaban J connectivity index is 1.23. The van der Waals surface area contributed by atoms with E-state index in [1.807, 2.05) is 0 Å². The van der Waals surface area contributed by atoms with E-state index < -0.39 is 68.7 Å². The first kappa shape index (κ1) is 35.2. The summed E-state index contributed by atoms with van der Waals surface area (Å²) in [5, 5.41) is 15.1. The summed E-state index contributed by atoms with van der Waals surface area (Å²) >= 11 is 0. The van der Waals surface area contributed by atoms with Crippen LogP contribution in [0.15, 0.2) is 67.0 Å². The SMILES string of the molecule is COc1nc(C)nc2c1ncn2[C@@H]1O[C@H](COP(=O)(N[C@@H](C)C(=O)OCc2ccc(F)cc2F)Oc2cccc3ccccc23)[C@@H](F)[C@@]1(C)O. The van der Waals surface area contributed by atoms with Crippen molar-refractivity contribution in [3.05, 3.63) is 90.0 Å². The fourth-order valence-corrected chi connectivity index (χ4v) is 7.05. The number of esters is 1. The molecule has 0 radical (unpaired) electrons. The van der Waals surface area contributed by atoms with Crippen LogP contribution in [0.5, 0.6) is 11.6 Å². The van der Waals surface area contributed by atoms with Crippen LogP contribution >= 0.6 is 7.75 Å². The Morgan fingerprint density at radius 3 is 2.68 bits per heavy atom. The monoisotopic (exact) mass is 715 g/mol. The number of nitrogens with one attached hydrogen (secondary N) is 1. The lowest BCUT2D eigenvalue weighted by atomic mass is 9.98. The van der Waals surface area contributed by atoms with Gasteiger partial charge in [0, 0.05) is 17.0 Å². The fourth-order valence-electron chi connectivity index (χ4n) is 5.53. The number of aryl methyl sites for hydroxylation is 1. The number of benzene rings is 3. The van der Waals surface area contributed by atoms with Crippen LogP contribution in [0.2, 0.25) is 0 Å². The average Bonchev–Trinajstić information content (AvgIpc) is 3.59. The summed E-state index contributed by atoms with van der Waals surface area (Å²) < 4.78 is 87.1. The molecule has 6 rings (SSSR count). The molecule has 1 saturated heterocycles. The van der Waals surface area contributed by atoms with E-state index in [2.05, 4.69) is 20.0 Å². The Bertz CT molecular complexity index is 2090. The zero-order valence-corrected chi connectivity index (χ0v) is 28.1. The van der Waals surface area contributed by atoms with Gasteiger partial charge in [0.05, 0.1) is 20.0 Å². The minimum atomic E-state index is -4.58. The highest BCUT2D eigenvalue weighted by Crippen LogP contribution is 2.49. The van der Waals surface area contributed by atoms with E-state index in [1.165, 1.54) is 37.9 Å². The lowest BCUT2D eigenvalue weighted by Gasteiger charge is -2.26. The molecule has 3 aromatic carbocycles. The number of imidazole rings is 1. The number of fused-ring (bicyclic) bond motifs is 2. The minimum absolute atomic E-state index is 0.0851. The van der Waals surface area contributed by atoms with Crippen LogP contribution in [0.3, 0.4) is 0 Å². The summed E-state index contributed by atoms with van der Waals surface area (Å²) in [6.45, 7) is 2.90.